The van der Waals surface area contributed by atoms with Gasteiger partial charge in [0.2, 0.25) is 0 Å². The number of amides is 1. The molecule has 0 bridgehead atoms. The van der Waals surface area contributed by atoms with Crippen LogP contribution in [-0.4, -0.2) is 54.9 Å². The second-order valence-electron chi connectivity index (χ2n) is 8.87. The number of carbonyl (C=O) groups is 2. The first kappa shape index (κ1) is 27.5. The van der Waals surface area contributed by atoms with E-state index in [-0.39, 0.29) is 30.5 Å². The van der Waals surface area contributed by atoms with Gasteiger partial charge in [-0.15, -0.1) is 11.3 Å². The van der Waals surface area contributed by atoms with Gasteiger partial charge >= 0.3 is 5.97 Å². The third kappa shape index (κ3) is 7.48. The minimum atomic E-state index is -0.984. The molecule has 1 aliphatic rings. The first-order valence-corrected chi connectivity index (χ1v) is 13.1. The number of carboxylic acid groups (broad SMARTS) is 1. The van der Waals surface area contributed by atoms with Crippen molar-refractivity contribution in [2.45, 2.75) is 32.7 Å². The van der Waals surface area contributed by atoms with Crippen LogP contribution < -0.4 is 15.0 Å². The third-order valence-electron chi connectivity index (χ3n) is 6.08. The van der Waals surface area contributed by atoms with Gasteiger partial charge < -0.3 is 24.8 Å². The van der Waals surface area contributed by atoms with Crippen molar-refractivity contribution >= 4 is 28.3 Å². The summed E-state index contributed by atoms with van der Waals surface area (Å²) in [5.41, 5.74) is 2.01. The van der Waals surface area contributed by atoms with Gasteiger partial charge in [-0.3, -0.25) is 9.59 Å². The van der Waals surface area contributed by atoms with Gasteiger partial charge in [0.15, 0.2) is 5.13 Å². The van der Waals surface area contributed by atoms with Crippen LogP contribution in [0.2, 0.25) is 0 Å². The van der Waals surface area contributed by atoms with Gasteiger partial charge in [0, 0.05) is 49.0 Å². The molecule has 1 aliphatic heterocycles. The minimum absolute atomic E-state index is 0.0917. The number of ether oxygens (including phenoxy) is 2. The van der Waals surface area contributed by atoms with Gasteiger partial charge in [0.05, 0.1) is 25.5 Å². The zero-order chi connectivity index (χ0) is 27.1. The van der Waals surface area contributed by atoms with Crippen LogP contribution >= 0.6 is 11.3 Å². The van der Waals surface area contributed by atoms with Crippen LogP contribution in [0.4, 0.5) is 13.9 Å². The average Bonchev–Trinajstić information content (AvgIpc) is 3.26. The van der Waals surface area contributed by atoms with E-state index in [1.165, 1.54) is 0 Å². The number of rotatable bonds is 11. The second-order valence-corrected chi connectivity index (χ2v) is 10.1. The lowest BCUT2D eigenvalue weighted by atomic mass is 10.0. The summed E-state index contributed by atoms with van der Waals surface area (Å²) < 4.78 is 38.3. The standard InChI is InChI=1S/C27H29F2N3O5S/c1-17-24(31-27(38-17)32-7-10-36-11-8-32)6-9-37-22-4-2-19(3-5-25(33)34)23(15-22)26(35)30-16-18-12-20(28)14-21(29)13-18/h2,4,12-15H,3,5-11,16H2,1H3,(H,30,35)(H,33,34). The maximum Gasteiger partial charge on any atom is 0.303 e. The number of benzene rings is 2. The summed E-state index contributed by atoms with van der Waals surface area (Å²) in [5.74, 6) is -2.50. The van der Waals surface area contributed by atoms with E-state index in [0.29, 0.717) is 37.6 Å². The number of aliphatic carboxylic acids is 1. The molecule has 0 radical (unpaired) electrons. The highest BCUT2D eigenvalue weighted by molar-refractivity contribution is 7.15. The third-order valence-corrected chi connectivity index (χ3v) is 7.15. The summed E-state index contributed by atoms with van der Waals surface area (Å²) in [6.07, 6.45) is 0.583. The van der Waals surface area contributed by atoms with Crippen LogP contribution in [0.15, 0.2) is 36.4 Å². The molecule has 2 heterocycles. The maximum absolute atomic E-state index is 13.5. The molecule has 0 saturated carbocycles. The van der Waals surface area contributed by atoms with Crippen LogP contribution in [0.5, 0.6) is 5.75 Å². The Kier molecular flexibility index (Phi) is 9.24. The Morgan fingerprint density at radius 3 is 2.58 bits per heavy atom. The molecule has 1 fully saturated rings. The number of morpholine rings is 1. The number of nitrogens with one attached hydrogen (secondary N) is 1. The molecule has 3 aromatic rings. The van der Waals surface area contributed by atoms with Crippen molar-refractivity contribution in [1.82, 2.24) is 10.3 Å². The van der Waals surface area contributed by atoms with Crippen LogP contribution in [0.25, 0.3) is 0 Å². The lowest BCUT2D eigenvalue weighted by Crippen LogP contribution is -2.36. The molecule has 202 valence electrons. The fourth-order valence-electron chi connectivity index (χ4n) is 4.11. The van der Waals surface area contributed by atoms with E-state index >= 15 is 0 Å². The highest BCUT2D eigenvalue weighted by Gasteiger charge is 2.18. The molecular formula is C27H29F2N3O5S. The van der Waals surface area contributed by atoms with Gasteiger partial charge in [0.25, 0.3) is 5.91 Å². The van der Waals surface area contributed by atoms with Crippen molar-refractivity contribution in [3.63, 3.8) is 0 Å². The van der Waals surface area contributed by atoms with Crippen molar-refractivity contribution in [1.29, 1.82) is 0 Å². The Bertz CT molecular complexity index is 1270. The number of halogens is 2. The Hall–Kier alpha value is -3.57. The molecular weight excluding hydrogens is 516 g/mol. The topological polar surface area (TPSA) is 101 Å². The highest BCUT2D eigenvalue weighted by atomic mass is 32.1. The molecule has 8 nitrogen and oxygen atoms in total. The van der Waals surface area contributed by atoms with Gasteiger partial charge in [-0.2, -0.15) is 0 Å². The summed E-state index contributed by atoms with van der Waals surface area (Å²) in [5, 5.41) is 12.7. The summed E-state index contributed by atoms with van der Waals surface area (Å²) in [6, 6.07) is 7.96. The SMILES string of the molecule is Cc1sc(N2CCOCC2)nc1CCOc1ccc(CCC(=O)O)c(C(=O)NCc2cc(F)cc(F)c2)c1. The van der Waals surface area contributed by atoms with E-state index in [4.69, 9.17) is 19.6 Å². The maximum atomic E-state index is 13.5. The summed E-state index contributed by atoms with van der Waals surface area (Å²) in [4.78, 5) is 32.2. The van der Waals surface area contributed by atoms with E-state index < -0.39 is 23.5 Å². The average molecular weight is 546 g/mol. The second kappa shape index (κ2) is 12.8. The predicted octanol–water partition coefficient (Wildman–Crippen LogP) is 4.14. The van der Waals surface area contributed by atoms with Crippen molar-refractivity contribution in [2.75, 3.05) is 37.8 Å². The molecule has 0 aliphatic carbocycles. The van der Waals surface area contributed by atoms with Crippen LogP contribution in [0.3, 0.4) is 0 Å². The van der Waals surface area contributed by atoms with Crippen LogP contribution in [-0.2, 0) is 28.9 Å². The van der Waals surface area contributed by atoms with Gasteiger partial charge in [-0.05, 0) is 48.7 Å². The Morgan fingerprint density at radius 1 is 1.13 bits per heavy atom. The number of aryl methyl sites for hydroxylation is 2. The quantitative estimate of drug-likeness (QED) is 0.374. The number of carbonyl (C=O) groups excluding carboxylic acids is 1. The normalized spacial score (nSPS) is 13.4. The van der Waals surface area contributed by atoms with Crippen LogP contribution in [0.1, 0.15) is 38.5 Å². The van der Waals surface area contributed by atoms with Crippen LogP contribution in [0, 0.1) is 18.6 Å². The van der Waals surface area contributed by atoms with Gasteiger partial charge in [-0.25, -0.2) is 13.8 Å². The zero-order valence-electron chi connectivity index (χ0n) is 21.0. The Balaban J connectivity index is 1.41. The fraction of sp³-hybridized carbons (Fsp3) is 0.370. The van der Waals surface area contributed by atoms with Gasteiger partial charge in [0.1, 0.15) is 17.4 Å². The number of hydrogen-bond donors (Lipinski definition) is 2. The minimum Gasteiger partial charge on any atom is -0.493 e. The van der Waals surface area contributed by atoms with E-state index in [1.807, 2.05) is 6.92 Å². The first-order chi connectivity index (χ1) is 18.3. The smallest absolute Gasteiger partial charge is 0.303 e. The monoisotopic (exact) mass is 545 g/mol. The van der Waals surface area contributed by atoms with Crippen molar-refractivity contribution in [2.24, 2.45) is 0 Å². The molecule has 38 heavy (non-hydrogen) atoms. The predicted molar refractivity (Wildman–Crippen MR) is 139 cm³/mol. The first-order valence-electron chi connectivity index (χ1n) is 12.3. The molecule has 1 aromatic heterocycles. The number of thiazole rings is 1. The molecule has 2 N–H and O–H groups in total. The number of aromatic nitrogens is 1. The molecule has 1 amide bonds. The van der Waals surface area contributed by atoms with E-state index in [2.05, 4.69) is 10.2 Å². The molecule has 0 spiro atoms. The Labute approximate surface area is 223 Å². The van der Waals surface area contributed by atoms with E-state index in [9.17, 15) is 18.4 Å². The molecule has 1 saturated heterocycles. The molecule has 4 rings (SSSR count). The van der Waals surface area contributed by atoms with E-state index in [1.54, 1.807) is 29.5 Å². The molecule has 0 atom stereocenters. The van der Waals surface area contributed by atoms with Crippen molar-refractivity contribution < 1.29 is 33.0 Å². The largest absolute Gasteiger partial charge is 0.493 e. The number of nitrogens with zero attached hydrogens (tertiary/aromatic N) is 2. The van der Waals surface area contributed by atoms with Gasteiger partial charge in [-0.1, -0.05) is 6.07 Å². The molecule has 0 unspecified atom stereocenters. The number of carboxylic acids is 1. The summed E-state index contributed by atoms with van der Waals surface area (Å²) in [7, 11) is 0. The highest BCUT2D eigenvalue weighted by Crippen LogP contribution is 2.27. The number of hydrogen-bond acceptors (Lipinski definition) is 7. The van der Waals surface area contributed by atoms with E-state index in [0.717, 1.165) is 47.0 Å². The zero-order valence-corrected chi connectivity index (χ0v) is 21.8. The molecule has 11 heteroatoms. The summed E-state index contributed by atoms with van der Waals surface area (Å²) >= 11 is 1.64. The van der Waals surface area contributed by atoms with Crippen molar-refractivity contribution in [3.8, 4) is 5.75 Å². The fourth-order valence-corrected chi connectivity index (χ4v) is 5.11. The number of anilines is 1. The summed E-state index contributed by atoms with van der Waals surface area (Å²) in [6.45, 7) is 5.28. The van der Waals surface area contributed by atoms with Crippen molar-refractivity contribution in [3.05, 3.63) is 75.3 Å². The lowest BCUT2D eigenvalue weighted by molar-refractivity contribution is -0.136. The lowest BCUT2D eigenvalue weighted by Gasteiger charge is -2.26. The molecule has 2 aromatic carbocycles. The Morgan fingerprint density at radius 2 is 1.87 bits per heavy atom.